The van der Waals surface area contributed by atoms with Crippen LogP contribution in [0.2, 0.25) is 0 Å². The molecule has 0 radical (unpaired) electrons. The van der Waals surface area contributed by atoms with Crippen LogP contribution in [0.4, 0.5) is 0 Å². The first kappa shape index (κ1) is 16.9. The molecule has 0 saturated heterocycles. The van der Waals surface area contributed by atoms with Gasteiger partial charge in [0.2, 0.25) is 0 Å². The van der Waals surface area contributed by atoms with E-state index >= 15 is 0 Å². The molecule has 4 nitrogen and oxygen atoms in total. The lowest BCUT2D eigenvalue weighted by atomic mass is 10.1. The van der Waals surface area contributed by atoms with Crippen molar-refractivity contribution in [2.75, 3.05) is 13.1 Å². The maximum absolute atomic E-state index is 8.82. The molecule has 0 amide bonds. The number of nitrogens with one attached hydrogen (secondary N) is 2. The fraction of sp³-hybridized carbons (Fsp3) is 0.857. The molecule has 0 heterocycles. The van der Waals surface area contributed by atoms with Crippen LogP contribution in [0, 0.1) is 22.7 Å². The first-order chi connectivity index (χ1) is 8.33. The Hall–Kier alpha value is -1.10. The van der Waals surface area contributed by atoms with E-state index in [1.54, 1.807) is 0 Å². The van der Waals surface area contributed by atoms with Crippen molar-refractivity contribution in [2.45, 2.75) is 64.5 Å². The van der Waals surface area contributed by atoms with Gasteiger partial charge in [-0.25, -0.2) is 0 Å². The number of nitrogens with zero attached hydrogens (tertiary/aromatic N) is 2. The van der Waals surface area contributed by atoms with Crippen LogP contribution >= 0.6 is 0 Å². The molecular formula is C14H26N4. The molecule has 0 unspecified atom stereocenters. The van der Waals surface area contributed by atoms with E-state index in [0.29, 0.717) is 0 Å². The molecular weight excluding hydrogens is 224 g/mol. The molecule has 0 saturated carbocycles. The highest BCUT2D eigenvalue weighted by Crippen LogP contribution is 2.04. The zero-order chi connectivity index (χ0) is 14.1. The van der Waals surface area contributed by atoms with Gasteiger partial charge in [0.15, 0.2) is 0 Å². The van der Waals surface area contributed by atoms with Gasteiger partial charge in [-0.1, -0.05) is 12.8 Å². The van der Waals surface area contributed by atoms with Crippen LogP contribution in [0.3, 0.4) is 0 Å². The van der Waals surface area contributed by atoms with Crippen molar-refractivity contribution in [3.63, 3.8) is 0 Å². The lowest BCUT2D eigenvalue weighted by Gasteiger charge is -2.18. The van der Waals surface area contributed by atoms with Crippen molar-refractivity contribution >= 4 is 0 Å². The molecule has 0 aliphatic carbocycles. The molecule has 0 rings (SSSR count). The van der Waals surface area contributed by atoms with E-state index in [9.17, 15) is 0 Å². The molecule has 0 fully saturated rings. The second-order valence-electron chi connectivity index (χ2n) is 5.74. The standard InChI is InChI=1S/C14H26N4/c1-13(2,11-15)17-9-7-5-6-8-10-18-14(3,4)12-16/h17-18H,5-10H2,1-4H3. The summed E-state index contributed by atoms with van der Waals surface area (Å²) in [6.07, 6.45) is 4.49. The summed E-state index contributed by atoms with van der Waals surface area (Å²) < 4.78 is 0. The summed E-state index contributed by atoms with van der Waals surface area (Å²) in [5.74, 6) is 0. The van der Waals surface area contributed by atoms with Gasteiger partial charge in [0.25, 0.3) is 0 Å². The highest BCUT2D eigenvalue weighted by molar-refractivity contribution is 5.00. The van der Waals surface area contributed by atoms with Crippen LogP contribution in [0.1, 0.15) is 53.4 Å². The SMILES string of the molecule is CC(C)(C#N)NCCCCCCNC(C)(C)C#N. The quantitative estimate of drug-likeness (QED) is 0.616. The van der Waals surface area contributed by atoms with E-state index in [1.165, 1.54) is 0 Å². The average Bonchev–Trinajstić information content (AvgIpc) is 2.32. The molecule has 0 atom stereocenters. The zero-order valence-corrected chi connectivity index (χ0v) is 12.1. The molecule has 0 aromatic rings. The Morgan fingerprint density at radius 3 is 1.33 bits per heavy atom. The van der Waals surface area contributed by atoms with Crippen LogP contribution in [0.15, 0.2) is 0 Å². The first-order valence-corrected chi connectivity index (χ1v) is 6.65. The van der Waals surface area contributed by atoms with Gasteiger partial charge in [0, 0.05) is 0 Å². The van der Waals surface area contributed by atoms with E-state index in [-0.39, 0.29) is 0 Å². The molecule has 0 aromatic heterocycles. The van der Waals surface area contributed by atoms with Gasteiger partial charge in [-0.2, -0.15) is 10.5 Å². The minimum atomic E-state index is -0.418. The van der Waals surface area contributed by atoms with Gasteiger partial charge in [0.05, 0.1) is 12.1 Å². The fourth-order valence-corrected chi connectivity index (χ4v) is 1.48. The predicted octanol–water partition coefficient (Wildman–Crippen LogP) is 2.33. The largest absolute Gasteiger partial charge is 0.300 e. The molecule has 0 aromatic carbocycles. The number of hydrogen-bond donors (Lipinski definition) is 2. The molecule has 18 heavy (non-hydrogen) atoms. The number of unbranched alkanes of at least 4 members (excludes halogenated alkanes) is 3. The van der Waals surface area contributed by atoms with E-state index in [4.69, 9.17) is 10.5 Å². The normalized spacial score (nSPS) is 11.9. The van der Waals surface area contributed by atoms with E-state index in [0.717, 1.165) is 38.8 Å². The van der Waals surface area contributed by atoms with Gasteiger partial charge in [-0.05, 0) is 53.6 Å². The van der Waals surface area contributed by atoms with Crippen molar-refractivity contribution < 1.29 is 0 Å². The topological polar surface area (TPSA) is 71.6 Å². The van der Waals surface area contributed by atoms with Crippen molar-refractivity contribution in [1.82, 2.24) is 10.6 Å². The highest BCUT2D eigenvalue weighted by atomic mass is 14.9. The Bertz CT molecular complexity index is 275. The average molecular weight is 250 g/mol. The molecule has 2 N–H and O–H groups in total. The molecule has 102 valence electrons. The summed E-state index contributed by atoms with van der Waals surface area (Å²) in [4.78, 5) is 0. The summed E-state index contributed by atoms with van der Waals surface area (Å²) in [5.41, 5.74) is -0.837. The molecule has 0 bridgehead atoms. The maximum Gasteiger partial charge on any atom is 0.101 e. The lowest BCUT2D eigenvalue weighted by Crippen LogP contribution is -2.38. The third kappa shape index (κ3) is 8.98. The molecule has 0 aliphatic heterocycles. The first-order valence-electron chi connectivity index (χ1n) is 6.65. The number of nitriles is 2. The van der Waals surface area contributed by atoms with Gasteiger partial charge >= 0.3 is 0 Å². The summed E-state index contributed by atoms with van der Waals surface area (Å²) >= 11 is 0. The third-order valence-electron chi connectivity index (χ3n) is 2.80. The van der Waals surface area contributed by atoms with Gasteiger partial charge in [-0.15, -0.1) is 0 Å². The summed E-state index contributed by atoms with van der Waals surface area (Å²) in [6, 6.07) is 4.45. The van der Waals surface area contributed by atoms with Crippen LogP contribution in [0.25, 0.3) is 0 Å². The number of rotatable bonds is 9. The second kappa shape index (κ2) is 8.08. The number of hydrogen-bond acceptors (Lipinski definition) is 4. The molecule has 0 aliphatic rings. The maximum atomic E-state index is 8.82. The Labute approximate surface area is 111 Å². The zero-order valence-electron chi connectivity index (χ0n) is 12.1. The van der Waals surface area contributed by atoms with Crippen LogP contribution in [-0.4, -0.2) is 24.2 Å². The van der Waals surface area contributed by atoms with Crippen LogP contribution in [-0.2, 0) is 0 Å². The van der Waals surface area contributed by atoms with E-state index in [2.05, 4.69) is 22.8 Å². The smallest absolute Gasteiger partial charge is 0.101 e. The Morgan fingerprint density at radius 1 is 0.722 bits per heavy atom. The minimum absolute atomic E-state index is 0.418. The van der Waals surface area contributed by atoms with E-state index in [1.807, 2.05) is 27.7 Å². The van der Waals surface area contributed by atoms with E-state index < -0.39 is 11.1 Å². The van der Waals surface area contributed by atoms with Crippen LogP contribution < -0.4 is 10.6 Å². The van der Waals surface area contributed by atoms with Crippen molar-refractivity contribution in [3.05, 3.63) is 0 Å². The summed E-state index contributed by atoms with van der Waals surface area (Å²) in [6.45, 7) is 9.33. The van der Waals surface area contributed by atoms with Crippen LogP contribution in [0.5, 0.6) is 0 Å². The monoisotopic (exact) mass is 250 g/mol. The third-order valence-corrected chi connectivity index (χ3v) is 2.80. The fourth-order valence-electron chi connectivity index (χ4n) is 1.48. The predicted molar refractivity (Wildman–Crippen MR) is 73.9 cm³/mol. The summed E-state index contributed by atoms with van der Waals surface area (Å²) in [5, 5.41) is 24.1. The lowest BCUT2D eigenvalue weighted by molar-refractivity contribution is 0.451. The summed E-state index contributed by atoms with van der Waals surface area (Å²) in [7, 11) is 0. The molecule has 4 heteroatoms. The van der Waals surface area contributed by atoms with Crippen molar-refractivity contribution in [2.24, 2.45) is 0 Å². The Balaban J connectivity index is 3.39. The van der Waals surface area contributed by atoms with Gasteiger partial charge < -0.3 is 0 Å². The van der Waals surface area contributed by atoms with Gasteiger partial charge in [-0.3, -0.25) is 10.6 Å². The van der Waals surface area contributed by atoms with Crippen molar-refractivity contribution in [3.8, 4) is 12.1 Å². The second-order valence-corrected chi connectivity index (χ2v) is 5.74. The Kier molecular flexibility index (Phi) is 7.59. The van der Waals surface area contributed by atoms with Crippen molar-refractivity contribution in [1.29, 1.82) is 10.5 Å². The van der Waals surface area contributed by atoms with Gasteiger partial charge in [0.1, 0.15) is 11.1 Å². The molecule has 0 spiro atoms. The Morgan fingerprint density at radius 2 is 1.06 bits per heavy atom. The minimum Gasteiger partial charge on any atom is -0.300 e. The highest BCUT2D eigenvalue weighted by Gasteiger charge is 2.14.